The number of hydrogen-bond acceptors (Lipinski definition) is 6. The van der Waals surface area contributed by atoms with Crippen molar-refractivity contribution in [3.05, 3.63) is 23.3 Å². The first-order chi connectivity index (χ1) is 8.40. The van der Waals surface area contributed by atoms with Crippen LogP contribution in [0.15, 0.2) is 23.3 Å². The van der Waals surface area contributed by atoms with Gasteiger partial charge >= 0.3 is 0 Å². The lowest BCUT2D eigenvalue weighted by Crippen LogP contribution is -2.46. The van der Waals surface area contributed by atoms with Gasteiger partial charge in [0.15, 0.2) is 0 Å². The number of amides is 4. The maximum Gasteiger partial charge on any atom is 0.298 e. The minimum Gasteiger partial charge on any atom is -0.285 e. The van der Waals surface area contributed by atoms with Crippen molar-refractivity contribution >= 4 is 35.2 Å². The van der Waals surface area contributed by atoms with Crippen molar-refractivity contribution in [3.8, 4) is 0 Å². The fourth-order valence-electron chi connectivity index (χ4n) is 1.39. The third-order valence-electron chi connectivity index (χ3n) is 2.23. The van der Waals surface area contributed by atoms with Crippen LogP contribution in [-0.2, 0) is 28.8 Å². The van der Waals surface area contributed by atoms with Gasteiger partial charge in [0, 0.05) is 12.2 Å². The molecule has 8 heteroatoms. The van der Waals surface area contributed by atoms with Crippen LogP contribution in [0.2, 0.25) is 0 Å². The second-order valence-corrected chi connectivity index (χ2v) is 3.41. The molecule has 2 heterocycles. The maximum atomic E-state index is 11.4. The van der Waals surface area contributed by atoms with Gasteiger partial charge in [-0.2, -0.15) is 0 Å². The molecule has 2 rings (SSSR count). The van der Waals surface area contributed by atoms with Crippen LogP contribution < -0.4 is 10.6 Å². The lowest BCUT2D eigenvalue weighted by atomic mass is 9.96. The van der Waals surface area contributed by atoms with Gasteiger partial charge < -0.3 is 0 Å². The second-order valence-electron chi connectivity index (χ2n) is 3.41. The van der Waals surface area contributed by atoms with Crippen molar-refractivity contribution < 1.29 is 28.8 Å². The predicted molar refractivity (Wildman–Crippen MR) is 52.5 cm³/mol. The van der Waals surface area contributed by atoms with E-state index in [4.69, 9.17) is 0 Å². The van der Waals surface area contributed by atoms with Crippen molar-refractivity contribution in [1.82, 2.24) is 10.6 Å². The predicted octanol–water partition coefficient (Wildman–Crippen LogP) is -2.71. The summed E-state index contributed by atoms with van der Waals surface area (Å²) < 4.78 is 0. The summed E-state index contributed by atoms with van der Waals surface area (Å²) in [5.41, 5.74) is -0.865. The highest BCUT2D eigenvalue weighted by molar-refractivity contribution is 6.50. The number of ketones is 2. The molecule has 0 aliphatic carbocycles. The van der Waals surface area contributed by atoms with E-state index in [9.17, 15) is 28.8 Å². The van der Waals surface area contributed by atoms with Crippen molar-refractivity contribution in [1.29, 1.82) is 0 Å². The Bertz CT molecular complexity index is 556. The second kappa shape index (κ2) is 3.84. The summed E-state index contributed by atoms with van der Waals surface area (Å²) in [7, 11) is 0. The average Bonchev–Trinajstić information content (AvgIpc) is 2.29. The first kappa shape index (κ1) is 11.6. The summed E-state index contributed by atoms with van der Waals surface area (Å²) in [6.45, 7) is 0. The summed E-state index contributed by atoms with van der Waals surface area (Å²) in [5.74, 6) is -6.26. The Morgan fingerprint density at radius 3 is 1.22 bits per heavy atom. The molecule has 18 heavy (non-hydrogen) atoms. The van der Waals surface area contributed by atoms with Gasteiger partial charge in [0.05, 0.1) is 11.1 Å². The topological polar surface area (TPSA) is 126 Å². The Morgan fingerprint density at radius 2 is 0.889 bits per heavy atom. The first-order valence-corrected chi connectivity index (χ1v) is 4.63. The minimum atomic E-state index is -1.12. The number of nitrogens with one attached hydrogen (secondary N) is 2. The van der Waals surface area contributed by atoms with E-state index in [2.05, 4.69) is 0 Å². The summed E-state index contributed by atoms with van der Waals surface area (Å²) >= 11 is 0. The largest absolute Gasteiger partial charge is 0.298 e. The molecule has 4 amide bonds. The van der Waals surface area contributed by atoms with Crippen molar-refractivity contribution in [2.75, 3.05) is 0 Å². The molecule has 90 valence electrons. The van der Waals surface area contributed by atoms with E-state index in [0.29, 0.717) is 12.2 Å². The van der Waals surface area contributed by atoms with E-state index in [-0.39, 0.29) is 0 Å². The first-order valence-electron chi connectivity index (χ1n) is 4.63. The number of rotatable bonds is 1. The lowest BCUT2D eigenvalue weighted by Gasteiger charge is -2.16. The van der Waals surface area contributed by atoms with Crippen LogP contribution in [0.1, 0.15) is 0 Å². The van der Waals surface area contributed by atoms with Crippen LogP contribution in [0.4, 0.5) is 0 Å². The summed E-state index contributed by atoms with van der Waals surface area (Å²) in [6, 6.07) is 0. The molecule has 8 nitrogen and oxygen atoms in total. The standard InChI is InChI=1S/C10H4N2O6/c13-5-1-3(7(15)11-9(5)17)4-2-6(14)10(18)12-8(4)16/h1-2H,(H,11,15,17)(H,12,16,18). The monoisotopic (exact) mass is 248 g/mol. The molecule has 2 N–H and O–H groups in total. The fourth-order valence-corrected chi connectivity index (χ4v) is 1.39. The highest BCUT2D eigenvalue weighted by Crippen LogP contribution is 2.16. The third-order valence-corrected chi connectivity index (χ3v) is 2.23. The Morgan fingerprint density at radius 1 is 0.556 bits per heavy atom. The Labute approximate surface area is 98.7 Å². The molecular weight excluding hydrogens is 244 g/mol. The van der Waals surface area contributed by atoms with E-state index in [1.807, 2.05) is 0 Å². The van der Waals surface area contributed by atoms with E-state index >= 15 is 0 Å². The van der Waals surface area contributed by atoms with Crippen LogP contribution in [0.25, 0.3) is 0 Å². The maximum absolute atomic E-state index is 11.4. The van der Waals surface area contributed by atoms with Crippen LogP contribution in [0, 0.1) is 0 Å². The molecule has 2 aliphatic rings. The highest BCUT2D eigenvalue weighted by atomic mass is 16.2. The normalized spacial score (nSPS) is 20.2. The van der Waals surface area contributed by atoms with E-state index in [0.717, 1.165) is 0 Å². The van der Waals surface area contributed by atoms with Crippen LogP contribution in [-0.4, -0.2) is 35.2 Å². The molecule has 0 bridgehead atoms. The smallest absolute Gasteiger partial charge is 0.285 e. The van der Waals surface area contributed by atoms with Gasteiger partial charge in [-0.25, -0.2) is 0 Å². The molecule has 0 saturated carbocycles. The highest BCUT2D eigenvalue weighted by Gasteiger charge is 2.34. The van der Waals surface area contributed by atoms with Gasteiger partial charge in [-0.1, -0.05) is 0 Å². The summed E-state index contributed by atoms with van der Waals surface area (Å²) in [6.07, 6.45) is 1.30. The molecule has 0 aromatic carbocycles. The van der Waals surface area contributed by atoms with E-state index in [1.54, 1.807) is 10.6 Å². The summed E-state index contributed by atoms with van der Waals surface area (Å²) in [5, 5.41) is 3.42. The quantitative estimate of drug-likeness (QED) is 0.383. The van der Waals surface area contributed by atoms with Crippen LogP contribution >= 0.6 is 0 Å². The number of carbonyl (C=O) groups excluding carboxylic acids is 6. The Hall–Kier alpha value is -2.90. The molecule has 0 radical (unpaired) electrons. The number of carbonyl (C=O) groups is 6. The van der Waals surface area contributed by atoms with Gasteiger partial charge in [0.1, 0.15) is 0 Å². The molecule has 2 aliphatic heterocycles. The summed E-state index contributed by atoms with van der Waals surface area (Å²) in [4.78, 5) is 66.7. The number of hydrogen-bond donors (Lipinski definition) is 2. The zero-order valence-electron chi connectivity index (χ0n) is 8.60. The van der Waals surface area contributed by atoms with Gasteiger partial charge in [-0.05, 0) is 0 Å². The van der Waals surface area contributed by atoms with Crippen LogP contribution in [0.5, 0.6) is 0 Å². The zero-order chi connectivity index (χ0) is 13.4. The molecular formula is C10H4N2O6. The third kappa shape index (κ3) is 1.75. The van der Waals surface area contributed by atoms with Crippen molar-refractivity contribution in [2.45, 2.75) is 0 Å². The molecule has 0 atom stereocenters. The molecule has 0 unspecified atom stereocenters. The van der Waals surface area contributed by atoms with Crippen molar-refractivity contribution in [3.63, 3.8) is 0 Å². The Balaban J connectivity index is 2.49. The van der Waals surface area contributed by atoms with Crippen LogP contribution in [0.3, 0.4) is 0 Å². The molecule has 0 aromatic heterocycles. The average molecular weight is 248 g/mol. The Kier molecular flexibility index (Phi) is 2.47. The van der Waals surface area contributed by atoms with Gasteiger partial charge in [-0.15, -0.1) is 0 Å². The molecule has 0 saturated heterocycles. The fraction of sp³-hybridized carbons (Fsp3) is 0. The zero-order valence-corrected chi connectivity index (χ0v) is 8.60. The van der Waals surface area contributed by atoms with Gasteiger partial charge in [0.25, 0.3) is 23.6 Å². The molecule has 0 aromatic rings. The number of imide groups is 2. The van der Waals surface area contributed by atoms with E-state index in [1.165, 1.54) is 0 Å². The van der Waals surface area contributed by atoms with Gasteiger partial charge in [-0.3, -0.25) is 39.4 Å². The SMILES string of the molecule is O=C1C=C(C2=CC(=O)C(=O)NC2=O)C(=O)NC1=O. The van der Waals surface area contributed by atoms with Gasteiger partial charge in [0.2, 0.25) is 11.6 Å². The van der Waals surface area contributed by atoms with Crippen molar-refractivity contribution in [2.24, 2.45) is 0 Å². The minimum absolute atomic E-state index is 0.432. The van der Waals surface area contributed by atoms with E-state index < -0.39 is 46.3 Å². The lowest BCUT2D eigenvalue weighted by molar-refractivity contribution is -0.140. The molecule has 0 spiro atoms. The molecule has 0 fully saturated rings.